The maximum Gasteiger partial charge on any atom is 0.237 e. The predicted octanol–water partition coefficient (Wildman–Crippen LogP) is 1.63. The summed E-state index contributed by atoms with van der Waals surface area (Å²) in [4.78, 5) is 40.4. The highest BCUT2D eigenvalue weighted by molar-refractivity contribution is 8.00. The predicted molar refractivity (Wildman–Crippen MR) is 97.3 cm³/mol. The quantitative estimate of drug-likeness (QED) is 0.864. The van der Waals surface area contributed by atoms with Crippen molar-refractivity contribution in [3.05, 3.63) is 24.3 Å². The van der Waals surface area contributed by atoms with Gasteiger partial charge in [-0.1, -0.05) is 12.1 Å². The standard InChI is InChI=1S/C18H23N3O3S/c19-18(24)13-7-10-20(11-8-13)16(22)6-3-9-21-14-4-1-2-5-15(14)25-12-17(21)23/h1-2,4-5,13H,3,6-12H2,(H2,19,24). The molecule has 2 N–H and O–H groups in total. The van der Waals surface area contributed by atoms with Crippen LogP contribution in [0.4, 0.5) is 5.69 Å². The van der Waals surface area contributed by atoms with E-state index in [0.717, 1.165) is 10.6 Å². The summed E-state index contributed by atoms with van der Waals surface area (Å²) in [6.45, 7) is 1.74. The van der Waals surface area contributed by atoms with Gasteiger partial charge in [0.05, 0.1) is 11.4 Å². The number of benzene rings is 1. The third kappa shape index (κ3) is 4.15. The van der Waals surface area contributed by atoms with E-state index in [9.17, 15) is 14.4 Å². The number of carbonyl (C=O) groups is 3. The molecule has 0 atom stereocenters. The van der Waals surface area contributed by atoms with Gasteiger partial charge < -0.3 is 15.5 Å². The Morgan fingerprint density at radius 1 is 1.20 bits per heavy atom. The maximum absolute atomic E-state index is 12.3. The maximum atomic E-state index is 12.3. The van der Waals surface area contributed by atoms with Crippen molar-refractivity contribution in [3.63, 3.8) is 0 Å². The average Bonchev–Trinajstić information content (AvgIpc) is 2.63. The number of hydrogen-bond donors (Lipinski definition) is 1. The number of para-hydroxylation sites is 1. The molecule has 134 valence electrons. The number of anilines is 1. The van der Waals surface area contributed by atoms with E-state index in [0.29, 0.717) is 51.1 Å². The van der Waals surface area contributed by atoms with Gasteiger partial charge in [0.25, 0.3) is 0 Å². The molecule has 0 aliphatic carbocycles. The van der Waals surface area contributed by atoms with Gasteiger partial charge in [0.1, 0.15) is 0 Å². The molecule has 2 aliphatic rings. The molecule has 3 amide bonds. The summed E-state index contributed by atoms with van der Waals surface area (Å²) in [5.74, 6) is 0.260. The molecule has 1 aromatic rings. The monoisotopic (exact) mass is 361 g/mol. The van der Waals surface area contributed by atoms with E-state index in [2.05, 4.69) is 0 Å². The molecular formula is C18H23N3O3S. The summed E-state index contributed by atoms with van der Waals surface area (Å²) in [5, 5.41) is 0. The summed E-state index contributed by atoms with van der Waals surface area (Å²) in [5.41, 5.74) is 6.27. The second kappa shape index (κ2) is 7.91. The van der Waals surface area contributed by atoms with Crippen molar-refractivity contribution < 1.29 is 14.4 Å². The van der Waals surface area contributed by atoms with Gasteiger partial charge >= 0.3 is 0 Å². The Bertz CT molecular complexity index is 671. The molecule has 0 aromatic heterocycles. The molecule has 3 rings (SSSR count). The van der Waals surface area contributed by atoms with Crippen LogP contribution in [0.5, 0.6) is 0 Å². The zero-order chi connectivity index (χ0) is 17.8. The van der Waals surface area contributed by atoms with Crippen LogP contribution in [0.25, 0.3) is 0 Å². The number of primary amides is 1. The fraction of sp³-hybridized carbons (Fsp3) is 0.500. The molecule has 7 heteroatoms. The van der Waals surface area contributed by atoms with Crippen LogP contribution in [0.15, 0.2) is 29.2 Å². The molecule has 6 nitrogen and oxygen atoms in total. The lowest BCUT2D eigenvalue weighted by Gasteiger charge is -2.31. The van der Waals surface area contributed by atoms with E-state index in [-0.39, 0.29) is 23.6 Å². The van der Waals surface area contributed by atoms with Gasteiger partial charge in [-0.2, -0.15) is 0 Å². The van der Waals surface area contributed by atoms with Crippen LogP contribution in [-0.2, 0) is 14.4 Å². The average molecular weight is 361 g/mol. The molecule has 0 spiro atoms. The zero-order valence-corrected chi connectivity index (χ0v) is 15.0. The Balaban J connectivity index is 1.49. The lowest BCUT2D eigenvalue weighted by atomic mass is 9.96. The summed E-state index contributed by atoms with van der Waals surface area (Å²) < 4.78 is 0. The molecule has 1 aromatic carbocycles. The van der Waals surface area contributed by atoms with Crippen LogP contribution < -0.4 is 10.6 Å². The van der Waals surface area contributed by atoms with Crippen LogP contribution in [0.1, 0.15) is 25.7 Å². The van der Waals surface area contributed by atoms with Crippen molar-refractivity contribution in [2.75, 3.05) is 30.3 Å². The van der Waals surface area contributed by atoms with Crippen LogP contribution in [-0.4, -0.2) is 48.0 Å². The van der Waals surface area contributed by atoms with Gasteiger partial charge in [-0.25, -0.2) is 0 Å². The summed E-state index contributed by atoms with van der Waals surface area (Å²) in [7, 11) is 0. The molecule has 2 heterocycles. The first-order chi connectivity index (χ1) is 12.1. The molecular weight excluding hydrogens is 338 g/mol. The molecule has 2 aliphatic heterocycles. The number of thioether (sulfide) groups is 1. The summed E-state index contributed by atoms with van der Waals surface area (Å²) >= 11 is 1.56. The highest BCUT2D eigenvalue weighted by Crippen LogP contribution is 2.35. The third-order valence-corrected chi connectivity index (χ3v) is 5.88. The number of amides is 3. The van der Waals surface area contributed by atoms with Gasteiger partial charge in [0.15, 0.2) is 0 Å². The zero-order valence-electron chi connectivity index (χ0n) is 14.1. The number of fused-ring (bicyclic) bond motifs is 1. The number of nitrogens with zero attached hydrogens (tertiary/aromatic N) is 2. The Morgan fingerprint density at radius 3 is 2.64 bits per heavy atom. The van der Waals surface area contributed by atoms with E-state index in [1.165, 1.54) is 0 Å². The number of hydrogen-bond acceptors (Lipinski definition) is 4. The molecule has 25 heavy (non-hydrogen) atoms. The Kier molecular flexibility index (Phi) is 5.63. The minimum Gasteiger partial charge on any atom is -0.369 e. The van der Waals surface area contributed by atoms with Crippen molar-refractivity contribution in [1.82, 2.24) is 4.90 Å². The second-order valence-electron chi connectivity index (χ2n) is 6.46. The van der Waals surface area contributed by atoms with Crippen LogP contribution in [0, 0.1) is 5.92 Å². The summed E-state index contributed by atoms with van der Waals surface area (Å²) in [6.07, 6.45) is 2.35. The second-order valence-corrected chi connectivity index (χ2v) is 7.48. The van der Waals surface area contributed by atoms with Gasteiger partial charge in [-0.3, -0.25) is 14.4 Å². The van der Waals surface area contributed by atoms with Gasteiger partial charge in [-0.05, 0) is 31.4 Å². The molecule has 0 unspecified atom stereocenters. The van der Waals surface area contributed by atoms with E-state index in [1.807, 2.05) is 24.3 Å². The lowest BCUT2D eigenvalue weighted by Crippen LogP contribution is -2.42. The van der Waals surface area contributed by atoms with Crippen LogP contribution >= 0.6 is 11.8 Å². The minimum absolute atomic E-state index is 0.0926. The van der Waals surface area contributed by atoms with Crippen LogP contribution in [0.2, 0.25) is 0 Å². The number of piperidine rings is 1. The fourth-order valence-electron chi connectivity index (χ4n) is 3.36. The van der Waals surface area contributed by atoms with E-state index >= 15 is 0 Å². The Morgan fingerprint density at radius 2 is 1.92 bits per heavy atom. The Labute approximate surface area is 151 Å². The fourth-order valence-corrected chi connectivity index (χ4v) is 4.29. The largest absolute Gasteiger partial charge is 0.369 e. The number of likely N-dealkylation sites (tertiary alicyclic amines) is 1. The molecule has 1 fully saturated rings. The number of nitrogens with two attached hydrogens (primary N) is 1. The van der Waals surface area contributed by atoms with Crippen molar-refractivity contribution in [3.8, 4) is 0 Å². The van der Waals surface area contributed by atoms with Crippen LogP contribution in [0.3, 0.4) is 0 Å². The molecule has 0 bridgehead atoms. The highest BCUT2D eigenvalue weighted by Gasteiger charge is 2.27. The lowest BCUT2D eigenvalue weighted by molar-refractivity contribution is -0.135. The first-order valence-corrected chi connectivity index (χ1v) is 9.64. The SMILES string of the molecule is NC(=O)C1CCN(C(=O)CCCN2C(=O)CSc3ccccc32)CC1. The van der Waals surface area contributed by atoms with Gasteiger partial charge in [-0.15, -0.1) is 11.8 Å². The normalized spacial score (nSPS) is 18.2. The molecule has 0 saturated carbocycles. The van der Waals surface area contributed by atoms with Gasteiger partial charge in [0.2, 0.25) is 17.7 Å². The number of rotatable bonds is 5. The van der Waals surface area contributed by atoms with E-state index in [4.69, 9.17) is 5.73 Å². The van der Waals surface area contributed by atoms with Crippen molar-refractivity contribution in [2.45, 2.75) is 30.6 Å². The summed E-state index contributed by atoms with van der Waals surface area (Å²) in [6, 6.07) is 7.88. The highest BCUT2D eigenvalue weighted by atomic mass is 32.2. The van der Waals surface area contributed by atoms with Crippen molar-refractivity contribution in [2.24, 2.45) is 11.7 Å². The van der Waals surface area contributed by atoms with E-state index < -0.39 is 0 Å². The Hall–Kier alpha value is -2.02. The first kappa shape index (κ1) is 17.8. The molecule has 1 saturated heterocycles. The van der Waals surface area contributed by atoms with Crippen molar-refractivity contribution >= 4 is 35.2 Å². The molecule has 0 radical (unpaired) electrons. The first-order valence-electron chi connectivity index (χ1n) is 8.65. The van der Waals surface area contributed by atoms with Crippen molar-refractivity contribution in [1.29, 1.82) is 0 Å². The smallest absolute Gasteiger partial charge is 0.237 e. The minimum atomic E-state index is -0.271. The van der Waals surface area contributed by atoms with E-state index in [1.54, 1.807) is 21.6 Å². The van der Waals surface area contributed by atoms with Gasteiger partial charge in [0, 0.05) is 36.9 Å². The number of carbonyl (C=O) groups excluding carboxylic acids is 3. The topological polar surface area (TPSA) is 83.7 Å². The third-order valence-electron chi connectivity index (χ3n) is 4.83.